The molecule has 29 heavy (non-hydrogen) atoms. The smallest absolute Gasteiger partial charge is 0.317 e. The van der Waals surface area contributed by atoms with Crippen LogP contribution in [0.15, 0.2) is 30.3 Å². The molecule has 1 aliphatic carbocycles. The van der Waals surface area contributed by atoms with Gasteiger partial charge in [-0.1, -0.05) is 62.1 Å². The van der Waals surface area contributed by atoms with Crippen LogP contribution in [0, 0.1) is 5.92 Å². The summed E-state index contributed by atoms with van der Waals surface area (Å²) in [5, 5.41) is 3.19. The second-order valence-corrected chi connectivity index (χ2v) is 9.23. The van der Waals surface area contributed by atoms with Crippen LogP contribution in [0.1, 0.15) is 51.9 Å². The predicted octanol–water partition coefficient (Wildman–Crippen LogP) is 4.77. The highest BCUT2D eigenvalue weighted by Gasteiger charge is 2.18. The van der Waals surface area contributed by atoms with E-state index in [1.165, 1.54) is 49.6 Å². The lowest BCUT2D eigenvalue weighted by Gasteiger charge is -2.27. The minimum atomic E-state index is 0.00678. The summed E-state index contributed by atoms with van der Waals surface area (Å²) in [4.78, 5) is 28.1. The highest BCUT2D eigenvalue weighted by molar-refractivity contribution is 8.13. The highest BCUT2D eigenvalue weighted by Crippen LogP contribution is 2.26. The zero-order chi connectivity index (χ0) is 20.9. The Morgan fingerprint density at radius 2 is 1.79 bits per heavy atom. The monoisotopic (exact) mass is 419 g/mol. The minimum absolute atomic E-state index is 0.00678. The van der Waals surface area contributed by atoms with Crippen molar-refractivity contribution in [1.82, 2.24) is 10.2 Å². The van der Waals surface area contributed by atoms with Crippen molar-refractivity contribution < 1.29 is 9.59 Å². The van der Waals surface area contributed by atoms with Gasteiger partial charge in [-0.25, -0.2) is 4.79 Å². The van der Waals surface area contributed by atoms with E-state index in [1.807, 2.05) is 23.1 Å². The SMILES string of the molecule is CC(=O)SCCN(CCC1CCCCC1)C(=O)NCCCN(C)c1ccccc1. The van der Waals surface area contributed by atoms with Crippen LogP contribution in [0.2, 0.25) is 0 Å². The van der Waals surface area contributed by atoms with Crippen molar-refractivity contribution in [2.75, 3.05) is 43.9 Å². The van der Waals surface area contributed by atoms with Gasteiger partial charge in [0.2, 0.25) is 0 Å². The zero-order valence-electron chi connectivity index (χ0n) is 18.1. The Kier molecular flexibility index (Phi) is 11.0. The predicted molar refractivity (Wildman–Crippen MR) is 124 cm³/mol. The maximum atomic E-state index is 12.7. The Hall–Kier alpha value is -1.69. The van der Waals surface area contributed by atoms with E-state index in [9.17, 15) is 9.59 Å². The van der Waals surface area contributed by atoms with Gasteiger partial charge in [0.25, 0.3) is 0 Å². The molecule has 2 amide bonds. The molecule has 0 aliphatic heterocycles. The first-order chi connectivity index (χ1) is 14.1. The summed E-state index contributed by atoms with van der Waals surface area (Å²) in [7, 11) is 2.08. The number of anilines is 1. The van der Waals surface area contributed by atoms with Crippen LogP contribution in [0.25, 0.3) is 0 Å². The molecule has 1 N–H and O–H groups in total. The number of carbonyl (C=O) groups excluding carboxylic acids is 2. The number of carbonyl (C=O) groups is 2. The van der Waals surface area contributed by atoms with Gasteiger partial charge in [-0.2, -0.15) is 0 Å². The molecule has 0 spiro atoms. The van der Waals surface area contributed by atoms with E-state index in [0.717, 1.165) is 31.8 Å². The van der Waals surface area contributed by atoms with Crippen molar-refractivity contribution in [3.63, 3.8) is 0 Å². The van der Waals surface area contributed by atoms with Gasteiger partial charge in [-0.05, 0) is 30.9 Å². The van der Waals surface area contributed by atoms with Crippen LogP contribution in [-0.2, 0) is 4.79 Å². The molecule has 1 aliphatic rings. The number of urea groups is 1. The van der Waals surface area contributed by atoms with Crippen LogP contribution in [0.4, 0.5) is 10.5 Å². The first-order valence-corrected chi connectivity index (χ1v) is 12.0. The molecule has 2 rings (SSSR count). The first-order valence-electron chi connectivity index (χ1n) is 11.0. The number of nitrogens with zero attached hydrogens (tertiary/aromatic N) is 2. The maximum Gasteiger partial charge on any atom is 0.317 e. The fraction of sp³-hybridized carbons (Fsp3) is 0.652. The molecule has 1 aromatic rings. The van der Waals surface area contributed by atoms with Crippen LogP contribution in [0.5, 0.6) is 0 Å². The van der Waals surface area contributed by atoms with Gasteiger partial charge in [-0.15, -0.1) is 0 Å². The second-order valence-electron chi connectivity index (χ2n) is 7.96. The van der Waals surface area contributed by atoms with Crippen LogP contribution in [-0.4, -0.2) is 55.0 Å². The summed E-state index contributed by atoms with van der Waals surface area (Å²) in [5.74, 6) is 1.42. The number of nitrogens with one attached hydrogen (secondary N) is 1. The average Bonchev–Trinajstić information content (AvgIpc) is 2.74. The summed E-state index contributed by atoms with van der Waals surface area (Å²) < 4.78 is 0. The topological polar surface area (TPSA) is 52.7 Å². The third-order valence-corrected chi connectivity index (χ3v) is 6.42. The number of hydrogen-bond donors (Lipinski definition) is 1. The maximum absolute atomic E-state index is 12.7. The quantitative estimate of drug-likeness (QED) is 0.525. The molecule has 0 saturated heterocycles. The molecule has 162 valence electrons. The molecule has 5 nitrogen and oxygen atoms in total. The average molecular weight is 420 g/mol. The number of thioether (sulfide) groups is 1. The molecule has 6 heteroatoms. The van der Waals surface area contributed by atoms with E-state index in [1.54, 1.807) is 6.92 Å². The molecule has 0 heterocycles. The molecule has 0 unspecified atom stereocenters. The van der Waals surface area contributed by atoms with Gasteiger partial charge >= 0.3 is 6.03 Å². The summed E-state index contributed by atoms with van der Waals surface area (Å²) in [6.07, 6.45) is 8.57. The number of amides is 2. The summed E-state index contributed by atoms with van der Waals surface area (Å²) in [6, 6.07) is 10.3. The molecule has 1 fully saturated rings. The van der Waals surface area contributed by atoms with Crippen molar-refractivity contribution in [3.8, 4) is 0 Å². The van der Waals surface area contributed by atoms with Crippen LogP contribution in [0.3, 0.4) is 0 Å². The van der Waals surface area contributed by atoms with E-state index < -0.39 is 0 Å². The van der Waals surface area contributed by atoms with E-state index in [0.29, 0.717) is 18.8 Å². The first kappa shape index (κ1) is 23.6. The fourth-order valence-electron chi connectivity index (χ4n) is 3.86. The van der Waals surface area contributed by atoms with Crippen LogP contribution >= 0.6 is 11.8 Å². The van der Waals surface area contributed by atoms with Crippen molar-refractivity contribution in [2.24, 2.45) is 5.92 Å². The summed E-state index contributed by atoms with van der Waals surface area (Å²) >= 11 is 1.30. The minimum Gasteiger partial charge on any atom is -0.375 e. The normalized spacial score (nSPS) is 14.4. The number of hydrogen-bond acceptors (Lipinski definition) is 4. The largest absolute Gasteiger partial charge is 0.375 e. The standard InChI is InChI=1S/C23H37N3O2S/c1-20(27)29-19-18-26(17-14-21-10-5-3-6-11-21)23(28)24-15-9-16-25(2)22-12-7-4-8-13-22/h4,7-8,12-13,21H,3,5-6,9-11,14-19H2,1-2H3,(H,24,28). The third-order valence-electron chi connectivity index (χ3n) is 5.63. The van der Waals surface area contributed by atoms with Gasteiger partial charge < -0.3 is 15.1 Å². The lowest BCUT2D eigenvalue weighted by Crippen LogP contribution is -2.43. The van der Waals surface area contributed by atoms with E-state index in [2.05, 4.69) is 29.4 Å². The summed E-state index contributed by atoms with van der Waals surface area (Å²) in [6.45, 7) is 4.56. The number of rotatable bonds is 11. The lowest BCUT2D eigenvalue weighted by molar-refractivity contribution is -0.109. The van der Waals surface area contributed by atoms with Gasteiger partial charge in [-0.3, -0.25) is 4.79 Å². The van der Waals surface area contributed by atoms with Crippen molar-refractivity contribution >= 4 is 28.6 Å². The highest BCUT2D eigenvalue weighted by atomic mass is 32.2. The molecule has 0 radical (unpaired) electrons. The fourth-order valence-corrected chi connectivity index (χ4v) is 4.46. The molecule has 1 saturated carbocycles. The number of benzene rings is 1. The van der Waals surface area contributed by atoms with Crippen molar-refractivity contribution in [1.29, 1.82) is 0 Å². The Bertz CT molecular complexity index is 605. The van der Waals surface area contributed by atoms with Crippen LogP contribution < -0.4 is 10.2 Å². The molecule has 0 atom stereocenters. The third kappa shape index (κ3) is 9.57. The summed E-state index contributed by atoms with van der Waals surface area (Å²) in [5.41, 5.74) is 1.19. The van der Waals surface area contributed by atoms with E-state index in [-0.39, 0.29) is 11.1 Å². The van der Waals surface area contributed by atoms with Crippen molar-refractivity contribution in [3.05, 3.63) is 30.3 Å². The van der Waals surface area contributed by atoms with Gasteiger partial charge in [0.1, 0.15) is 0 Å². The van der Waals surface area contributed by atoms with E-state index >= 15 is 0 Å². The van der Waals surface area contributed by atoms with E-state index in [4.69, 9.17) is 0 Å². The zero-order valence-corrected chi connectivity index (χ0v) is 18.9. The molecule has 0 aromatic heterocycles. The second kappa shape index (κ2) is 13.5. The molecular formula is C23H37N3O2S. The lowest BCUT2D eigenvalue weighted by atomic mass is 9.87. The Morgan fingerprint density at radius 1 is 1.07 bits per heavy atom. The molecule has 1 aromatic carbocycles. The molecule has 0 bridgehead atoms. The van der Waals surface area contributed by atoms with Gasteiger partial charge in [0.15, 0.2) is 5.12 Å². The van der Waals surface area contributed by atoms with Gasteiger partial charge in [0.05, 0.1) is 0 Å². The number of para-hydroxylation sites is 1. The Balaban J connectivity index is 1.73. The Morgan fingerprint density at radius 3 is 2.48 bits per heavy atom. The van der Waals surface area contributed by atoms with Crippen molar-refractivity contribution in [2.45, 2.75) is 51.9 Å². The van der Waals surface area contributed by atoms with Gasteiger partial charge in [0, 0.05) is 51.6 Å². The molecular weight excluding hydrogens is 382 g/mol. The Labute approximate surface area is 180 Å².